The molecule has 1 aliphatic heterocycles. The fourth-order valence-electron chi connectivity index (χ4n) is 3.83. The molecule has 1 aliphatic rings. The number of pyridine rings is 1. The van der Waals surface area contributed by atoms with Crippen molar-refractivity contribution in [1.82, 2.24) is 18.9 Å². The highest BCUT2D eigenvalue weighted by molar-refractivity contribution is 7.04. The first kappa shape index (κ1) is 18.3. The van der Waals surface area contributed by atoms with E-state index in [0.29, 0.717) is 29.5 Å². The maximum atomic E-state index is 9.60. The standard InChI is InChI=1S/C22H18N6OS/c1-12-3-4-16-17(5-12)13(2)29-19-6-14(8-25-22(19)24)21-18(7-23)26-11-28(21)9-15-10-30-27-20(15)16/h3-6,8,10-11,13H,9H2,1-2H3,(H2,24,25)/t13-/m1/s1. The Balaban J connectivity index is 1.81. The van der Waals surface area contributed by atoms with Gasteiger partial charge in [-0.25, -0.2) is 9.97 Å². The smallest absolute Gasteiger partial charge is 0.166 e. The van der Waals surface area contributed by atoms with E-state index in [-0.39, 0.29) is 6.10 Å². The first-order valence-corrected chi connectivity index (χ1v) is 10.3. The lowest BCUT2D eigenvalue weighted by molar-refractivity contribution is 0.228. The molecule has 0 saturated carbocycles. The Morgan fingerprint density at radius 3 is 3.00 bits per heavy atom. The zero-order chi connectivity index (χ0) is 20.8. The Morgan fingerprint density at radius 1 is 1.30 bits per heavy atom. The maximum Gasteiger partial charge on any atom is 0.166 e. The molecule has 0 amide bonds. The molecule has 5 rings (SSSR count). The Kier molecular flexibility index (Phi) is 4.26. The number of nitrogen functional groups attached to an aromatic ring is 1. The number of aromatic nitrogens is 4. The summed E-state index contributed by atoms with van der Waals surface area (Å²) in [4.78, 5) is 8.61. The van der Waals surface area contributed by atoms with Crippen LogP contribution in [-0.2, 0) is 6.54 Å². The fraction of sp³-hybridized carbons (Fsp3) is 0.182. The van der Waals surface area contributed by atoms with Crippen molar-refractivity contribution >= 4 is 17.4 Å². The molecule has 8 heteroatoms. The van der Waals surface area contributed by atoms with E-state index in [1.54, 1.807) is 12.5 Å². The summed E-state index contributed by atoms with van der Waals surface area (Å²) in [6, 6.07) is 10.3. The Bertz CT molecular complexity index is 1320. The van der Waals surface area contributed by atoms with Crippen molar-refractivity contribution < 1.29 is 4.74 Å². The molecular weight excluding hydrogens is 396 g/mol. The van der Waals surface area contributed by atoms with Gasteiger partial charge in [-0.05, 0) is 31.4 Å². The van der Waals surface area contributed by atoms with Crippen LogP contribution < -0.4 is 10.5 Å². The van der Waals surface area contributed by atoms with E-state index in [2.05, 4.69) is 45.5 Å². The van der Waals surface area contributed by atoms with Gasteiger partial charge in [0.15, 0.2) is 17.3 Å². The second-order valence-corrected chi connectivity index (χ2v) is 7.96. The number of hydrogen-bond donors (Lipinski definition) is 1. The molecule has 30 heavy (non-hydrogen) atoms. The molecule has 0 fully saturated rings. The molecule has 1 atom stereocenters. The van der Waals surface area contributed by atoms with Crippen molar-refractivity contribution in [2.24, 2.45) is 0 Å². The molecule has 4 aromatic rings. The lowest BCUT2D eigenvalue weighted by Crippen LogP contribution is -2.10. The van der Waals surface area contributed by atoms with Gasteiger partial charge in [0.1, 0.15) is 12.2 Å². The Labute approximate surface area is 177 Å². The number of imidazole rings is 1. The molecule has 0 radical (unpaired) electrons. The van der Waals surface area contributed by atoms with Gasteiger partial charge < -0.3 is 15.0 Å². The average Bonchev–Trinajstić information content (AvgIpc) is 3.36. The quantitative estimate of drug-likeness (QED) is 0.459. The summed E-state index contributed by atoms with van der Waals surface area (Å²) in [6.45, 7) is 4.59. The molecule has 0 unspecified atom stereocenters. The molecular formula is C22H18N6OS. The number of anilines is 1. The van der Waals surface area contributed by atoms with Gasteiger partial charge in [0.25, 0.3) is 0 Å². The lowest BCUT2D eigenvalue weighted by atomic mass is 9.96. The number of benzene rings is 1. The number of fused-ring (bicyclic) bond motifs is 7. The van der Waals surface area contributed by atoms with Gasteiger partial charge in [0.05, 0.1) is 24.3 Å². The average molecular weight is 414 g/mol. The summed E-state index contributed by atoms with van der Waals surface area (Å²) in [6.07, 6.45) is 3.06. The van der Waals surface area contributed by atoms with E-state index >= 15 is 0 Å². The van der Waals surface area contributed by atoms with Crippen LogP contribution in [-0.4, -0.2) is 18.9 Å². The van der Waals surface area contributed by atoms with E-state index in [0.717, 1.165) is 33.5 Å². The lowest BCUT2D eigenvalue weighted by Gasteiger charge is -2.21. The summed E-state index contributed by atoms with van der Waals surface area (Å²) in [5.41, 5.74) is 13.0. The molecule has 2 bridgehead atoms. The minimum Gasteiger partial charge on any atom is -0.482 e. The molecule has 0 aliphatic carbocycles. The molecule has 3 aromatic heterocycles. The molecule has 2 N–H and O–H groups in total. The predicted molar refractivity (Wildman–Crippen MR) is 115 cm³/mol. The first-order valence-electron chi connectivity index (χ1n) is 9.47. The van der Waals surface area contributed by atoms with Crippen LogP contribution in [0.5, 0.6) is 5.75 Å². The number of ether oxygens (including phenoxy) is 1. The van der Waals surface area contributed by atoms with E-state index in [1.807, 2.05) is 22.9 Å². The normalized spacial score (nSPS) is 14.9. The van der Waals surface area contributed by atoms with Crippen molar-refractivity contribution in [2.45, 2.75) is 26.5 Å². The third kappa shape index (κ3) is 2.91. The minimum atomic E-state index is -0.270. The van der Waals surface area contributed by atoms with E-state index in [1.165, 1.54) is 11.5 Å². The number of nitrogens with zero attached hydrogens (tertiary/aromatic N) is 5. The van der Waals surface area contributed by atoms with Crippen molar-refractivity contribution in [2.75, 3.05) is 5.73 Å². The number of nitriles is 1. The van der Waals surface area contributed by atoms with Gasteiger partial charge in [-0.3, -0.25) is 0 Å². The molecule has 7 nitrogen and oxygen atoms in total. The van der Waals surface area contributed by atoms with Crippen LogP contribution in [0.15, 0.2) is 42.2 Å². The van der Waals surface area contributed by atoms with Gasteiger partial charge in [-0.1, -0.05) is 23.8 Å². The van der Waals surface area contributed by atoms with Crippen molar-refractivity contribution in [3.63, 3.8) is 0 Å². The van der Waals surface area contributed by atoms with Crippen molar-refractivity contribution in [1.29, 1.82) is 5.26 Å². The fourth-order valence-corrected chi connectivity index (χ4v) is 4.52. The molecule has 0 spiro atoms. The Hall–Kier alpha value is -3.70. The third-order valence-corrected chi connectivity index (χ3v) is 5.96. The highest BCUT2D eigenvalue weighted by Gasteiger charge is 2.23. The van der Waals surface area contributed by atoms with Crippen LogP contribution in [0.4, 0.5) is 5.82 Å². The predicted octanol–water partition coefficient (Wildman–Crippen LogP) is 4.33. The van der Waals surface area contributed by atoms with E-state index < -0.39 is 0 Å². The number of rotatable bonds is 0. The number of aryl methyl sites for hydroxylation is 1. The van der Waals surface area contributed by atoms with Gasteiger partial charge >= 0.3 is 0 Å². The molecule has 148 valence electrons. The van der Waals surface area contributed by atoms with Crippen LogP contribution in [0.25, 0.3) is 22.5 Å². The highest BCUT2D eigenvalue weighted by Crippen LogP contribution is 2.38. The minimum absolute atomic E-state index is 0.270. The molecule has 0 saturated heterocycles. The van der Waals surface area contributed by atoms with Crippen LogP contribution in [0.2, 0.25) is 0 Å². The Morgan fingerprint density at radius 2 is 2.17 bits per heavy atom. The van der Waals surface area contributed by atoms with Crippen LogP contribution in [0, 0.1) is 18.3 Å². The van der Waals surface area contributed by atoms with Crippen LogP contribution >= 0.6 is 11.5 Å². The highest BCUT2D eigenvalue weighted by atomic mass is 32.1. The van der Waals surface area contributed by atoms with E-state index in [9.17, 15) is 5.26 Å². The number of hydrogen-bond acceptors (Lipinski definition) is 7. The van der Waals surface area contributed by atoms with Gasteiger partial charge in [-0.2, -0.15) is 9.64 Å². The monoisotopic (exact) mass is 414 g/mol. The topological polar surface area (TPSA) is 103 Å². The second-order valence-electron chi connectivity index (χ2n) is 7.33. The third-order valence-electron chi connectivity index (χ3n) is 5.29. The molecule has 1 aromatic carbocycles. The number of nitrogens with two attached hydrogens (primary N) is 1. The van der Waals surface area contributed by atoms with Gasteiger partial charge in [-0.15, -0.1) is 0 Å². The van der Waals surface area contributed by atoms with Crippen molar-refractivity contribution in [3.8, 4) is 34.3 Å². The summed E-state index contributed by atoms with van der Waals surface area (Å²) < 4.78 is 12.9. The van der Waals surface area contributed by atoms with E-state index in [4.69, 9.17) is 10.5 Å². The molecule has 4 heterocycles. The van der Waals surface area contributed by atoms with Crippen LogP contribution in [0.1, 0.15) is 35.4 Å². The maximum absolute atomic E-state index is 9.60. The largest absolute Gasteiger partial charge is 0.482 e. The summed E-state index contributed by atoms with van der Waals surface area (Å²) in [7, 11) is 0. The first-order chi connectivity index (χ1) is 14.5. The zero-order valence-corrected chi connectivity index (χ0v) is 17.3. The SMILES string of the molecule is Cc1ccc2c(c1)[C@@H](C)Oc1cc(cnc1N)-c1c(C#N)ncn1Cc1csnc1-2. The summed E-state index contributed by atoms with van der Waals surface area (Å²) >= 11 is 1.41. The second kappa shape index (κ2) is 6.97. The zero-order valence-electron chi connectivity index (χ0n) is 16.5. The van der Waals surface area contributed by atoms with Crippen LogP contribution in [0.3, 0.4) is 0 Å². The summed E-state index contributed by atoms with van der Waals surface area (Å²) in [5.74, 6) is 0.777. The summed E-state index contributed by atoms with van der Waals surface area (Å²) in [5, 5.41) is 11.6. The van der Waals surface area contributed by atoms with Crippen molar-refractivity contribution in [3.05, 3.63) is 64.6 Å². The van der Waals surface area contributed by atoms with Gasteiger partial charge in [0, 0.05) is 33.8 Å². The van der Waals surface area contributed by atoms with Gasteiger partial charge in [0.2, 0.25) is 0 Å².